The van der Waals surface area contributed by atoms with Gasteiger partial charge in [-0.2, -0.15) is 0 Å². The fourth-order valence-corrected chi connectivity index (χ4v) is 3.57. The van der Waals surface area contributed by atoms with Crippen LogP contribution in [0.3, 0.4) is 0 Å². The lowest BCUT2D eigenvalue weighted by Crippen LogP contribution is -2.38. The smallest absolute Gasteiger partial charge is 0.337 e. The van der Waals surface area contributed by atoms with Gasteiger partial charge in [-0.3, -0.25) is 4.79 Å². The van der Waals surface area contributed by atoms with Crippen molar-refractivity contribution in [3.05, 3.63) is 28.8 Å². The van der Waals surface area contributed by atoms with E-state index in [9.17, 15) is 18.0 Å². The molecule has 0 atom stereocenters. The zero-order valence-electron chi connectivity index (χ0n) is 14.5. The molecule has 1 rings (SSSR count). The summed E-state index contributed by atoms with van der Waals surface area (Å²) >= 11 is 6.14. The molecule has 7 nitrogen and oxygen atoms in total. The molecule has 9 heteroatoms. The molecule has 0 bridgehead atoms. The maximum atomic E-state index is 11.9. The molecule has 0 aliphatic heterocycles. The summed E-state index contributed by atoms with van der Waals surface area (Å²) in [6.45, 7) is 3.38. The number of halogens is 1. The topological polar surface area (TPSA) is 92.8 Å². The molecular weight excluding hydrogens is 368 g/mol. The monoisotopic (exact) mass is 390 g/mol. The van der Waals surface area contributed by atoms with Crippen LogP contribution >= 0.6 is 11.6 Å². The zero-order chi connectivity index (χ0) is 19.0. The highest BCUT2D eigenvalue weighted by Gasteiger charge is 2.18. The second kappa shape index (κ2) is 9.74. The minimum atomic E-state index is -3.38. The minimum absolute atomic E-state index is 0.0438. The van der Waals surface area contributed by atoms with Gasteiger partial charge in [0.1, 0.15) is 0 Å². The number of nitrogens with zero attached hydrogens (tertiary/aromatic N) is 1. The molecule has 1 N–H and O–H groups in total. The summed E-state index contributed by atoms with van der Waals surface area (Å²) in [7, 11) is -2.12. The molecule has 0 radical (unpaired) electrons. The van der Waals surface area contributed by atoms with Crippen molar-refractivity contribution in [2.75, 3.05) is 30.9 Å². The van der Waals surface area contributed by atoms with Crippen LogP contribution in [0.1, 0.15) is 37.0 Å². The number of nitrogens with one attached hydrogen (secondary N) is 1. The average Bonchev–Trinajstić information content (AvgIpc) is 2.57. The maximum absolute atomic E-state index is 11.9. The maximum Gasteiger partial charge on any atom is 0.337 e. The van der Waals surface area contributed by atoms with Crippen LogP contribution in [0, 0.1) is 0 Å². The molecule has 0 aliphatic rings. The van der Waals surface area contributed by atoms with Crippen LogP contribution in [0.15, 0.2) is 18.2 Å². The van der Waals surface area contributed by atoms with E-state index in [2.05, 4.69) is 9.46 Å². The molecule has 1 amide bonds. The van der Waals surface area contributed by atoms with Gasteiger partial charge in [-0.25, -0.2) is 17.9 Å². The average molecular weight is 391 g/mol. The number of sulfonamides is 1. The highest BCUT2D eigenvalue weighted by Crippen LogP contribution is 2.27. The molecule has 0 aromatic heterocycles. The number of anilines is 1. The highest BCUT2D eigenvalue weighted by atomic mass is 35.5. The van der Waals surface area contributed by atoms with Gasteiger partial charge < -0.3 is 9.64 Å². The van der Waals surface area contributed by atoms with Crippen molar-refractivity contribution in [2.24, 2.45) is 0 Å². The van der Waals surface area contributed by atoms with Crippen molar-refractivity contribution < 1.29 is 22.7 Å². The van der Waals surface area contributed by atoms with E-state index >= 15 is 0 Å². The van der Waals surface area contributed by atoms with Gasteiger partial charge in [0.15, 0.2) is 0 Å². The van der Waals surface area contributed by atoms with E-state index in [0.29, 0.717) is 12.1 Å². The molecule has 0 unspecified atom stereocenters. The SMILES string of the molecule is CCCCS(=O)(=O)NCCN(C(C)=O)c1cc(C(=O)OC)ccc1Cl. The lowest BCUT2D eigenvalue weighted by atomic mass is 10.2. The quantitative estimate of drug-likeness (QED) is 0.652. The van der Waals surface area contributed by atoms with Crippen molar-refractivity contribution in [1.29, 1.82) is 0 Å². The minimum Gasteiger partial charge on any atom is -0.465 e. The third kappa shape index (κ3) is 6.64. The molecule has 0 fully saturated rings. The second-order valence-electron chi connectivity index (χ2n) is 5.40. The summed E-state index contributed by atoms with van der Waals surface area (Å²) in [4.78, 5) is 24.9. The van der Waals surface area contributed by atoms with Crippen LogP contribution < -0.4 is 9.62 Å². The number of hydrogen-bond donors (Lipinski definition) is 1. The summed E-state index contributed by atoms with van der Waals surface area (Å²) < 4.78 is 30.8. The normalized spacial score (nSPS) is 11.2. The number of ether oxygens (including phenoxy) is 1. The lowest BCUT2D eigenvalue weighted by molar-refractivity contribution is -0.116. The Balaban J connectivity index is 2.91. The van der Waals surface area contributed by atoms with Crippen LogP contribution in [-0.2, 0) is 19.6 Å². The molecule has 0 aliphatic carbocycles. The predicted molar refractivity (Wildman–Crippen MR) is 97.5 cm³/mol. The van der Waals surface area contributed by atoms with Gasteiger partial charge in [-0.15, -0.1) is 0 Å². The van der Waals surface area contributed by atoms with Crippen molar-refractivity contribution in [1.82, 2.24) is 4.72 Å². The molecule has 1 aromatic rings. The van der Waals surface area contributed by atoms with Gasteiger partial charge in [-0.05, 0) is 24.6 Å². The summed E-state index contributed by atoms with van der Waals surface area (Å²) in [5, 5.41) is 0.275. The first-order valence-electron chi connectivity index (χ1n) is 7.85. The van der Waals surface area contributed by atoms with E-state index in [1.807, 2.05) is 6.92 Å². The molecule has 25 heavy (non-hydrogen) atoms. The van der Waals surface area contributed by atoms with Crippen molar-refractivity contribution in [3.8, 4) is 0 Å². The third-order valence-corrected chi connectivity index (χ3v) is 5.25. The van der Waals surface area contributed by atoms with Crippen LogP contribution in [0.25, 0.3) is 0 Å². The number of carbonyl (C=O) groups is 2. The van der Waals surface area contributed by atoms with E-state index in [1.54, 1.807) is 0 Å². The predicted octanol–water partition coefficient (Wildman–Crippen LogP) is 2.20. The lowest BCUT2D eigenvalue weighted by Gasteiger charge is -2.23. The second-order valence-corrected chi connectivity index (χ2v) is 7.73. The molecule has 0 saturated carbocycles. The number of rotatable bonds is 9. The Morgan fingerprint density at radius 2 is 2.00 bits per heavy atom. The zero-order valence-corrected chi connectivity index (χ0v) is 16.1. The summed E-state index contributed by atoms with van der Waals surface area (Å²) in [5.41, 5.74) is 0.571. The standard InChI is InChI=1S/C16H23ClN2O5S/c1-4-5-10-25(22,23)18-8-9-19(12(2)20)15-11-13(16(21)24-3)6-7-14(15)17/h6-7,11,18H,4-5,8-10H2,1-3H3. The number of methoxy groups -OCH3 is 1. The first-order valence-corrected chi connectivity index (χ1v) is 9.88. The van der Waals surface area contributed by atoms with Crippen LogP contribution in [0.5, 0.6) is 0 Å². The number of unbranched alkanes of at least 4 members (excludes halogenated alkanes) is 1. The Bertz CT molecular complexity index is 721. The molecule has 1 aromatic carbocycles. The first kappa shape index (κ1) is 21.4. The molecule has 0 spiro atoms. The van der Waals surface area contributed by atoms with Crippen LogP contribution in [0.2, 0.25) is 5.02 Å². The number of hydrogen-bond acceptors (Lipinski definition) is 5. The van der Waals surface area contributed by atoms with Gasteiger partial charge in [-0.1, -0.05) is 24.9 Å². The Hall–Kier alpha value is -1.64. The van der Waals surface area contributed by atoms with Gasteiger partial charge >= 0.3 is 5.97 Å². The van der Waals surface area contributed by atoms with Crippen LogP contribution in [-0.4, -0.2) is 46.2 Å². The number of carbonyl (C=O) groups excluding carboxylic acids is 2. The summed E-state index contributed by atoms with van der Waals surface area (Å²) in [6, 6.07) is 4.43. The van der Waals surface area contributed by atoms with Crippen molar-refractivity contribution in [3.63, 3.8) is 0 Å². The molecule has 0 heterocycles. The van der Waals surface area contributed by atoms with Gasteiger partial charge in [0.25, 0.3) is 0 Å². The third-order valence-electron chi connectivity index (χ3n) is 3.46. The largest absolute Gasteiger partial charge is 0.465 e. The van der Waals surface area contributed by atoms with Gasteiger partial charge in [0.05, 0.1) is 29.1 Å². The van der Waals surface area contributed by atoms with Crippen molar-refractivity contribution >= 4 is 39.2 Å². The Morgan fingerprint density at radius 1 is 1.32 bits per heavy atom. The summed E-state index contributed by atoms with van der Waals surface area (Å²) in [5.74, 6) is -0.833. The highest BCUT2D eigenvalue weighted by molar-refractivity contribution is 7.89. The van der Waals surface area contributed by atoms with E-state index < -0.39 is 16.0 Å². The van der Waals surface area contributed by atoms with Crippen molar-refractivity contribution in [2.45, 2.75) is 26.7 Å². The van der Waals surface area contributed by atoms with E-state index in [0.717, 1.165) is 6.42 Å². The summed E-state index contributed by atoms with van der Waals surface area (Å²) in [6.07, 6.45) is 1.34. The first-order chi connectivity index (χ1) is 11.7. The number of amides is 1. The Labute approximate surface area is 153 Å². The number of benzene rings is 1. The fraction of sp³-hybridized carbons (Fsp3) is 0.500. The Kier molecular flexibility index (Phi) is 8.34. The fourth-order valence-electron chi connectivity index (χ4n) is 2.13. The molecule has 0 saturated heterocycles. The van der Waals surface area contributed by atoms with Crippen LogP contribution in [0.4, 0.5) is 5.69 Å². The van der Waals surface area contributed by atoms with Gasteiger partial charge in [0, 0.05) is 20.0 Å². The molecular formula is C16H23ClN2O5S. The van der Waals surface area contributed by atoms with E-state index in [-0.39, 0.29) is 35.3 Å². The van der Waals surface area contributed by atoms with Gasteiger partial charge in [0.2, 0.25) is 15.9 Å². The number of esters is 1. The van der Waals surface area contributed by atoms with E-state index in [1.165, 1.54) is 37.1 Å². The Morgan fingerprint density at radius 3 is 2.56 bits per heavy atom. The van der Waals surface area contributed by atoms with E-state index in [4.69, 9.17) is 11.6 Å². The molecule has 140 valence electrons.